The van der Waals surface area contributed by atoms with Crippen molar-refractivity contribution in [2.24, 2.45) is 7.05 Å². The monoisotopic (exact) mass is 637 g/mol. The maximum Gasteiger partial charge on any atom is 0.417 e. The third-order valence-corrected chi connectivity index (χ3v) is 8.04. The van der Waals surface area contributed by atoms with E-state index >= 15 is 8.78 Å². The van der Waals surface area contributed by atoms with E-state index in [0.717, 1.165) is 30.7 Å². The van der Waals surface area contributed by atoms with Crippen LogP contribution in [0.25, 0.3) is 27.7 Å². The van der Waals surface area contributed by atoms with Gasteiger partial charge in [-0.3, -0.25) is 9.59 Å². The number of alkyl halides is 3. The zero-order valence-electron chi connectivity index (χ0n) is 24.7. The number of aryl methyl sites for hydroxylation is 2. The predicted molar refractivity (Wildman–Crippen MR) is 162 cm³/mol. The number of pyridine rings is 1. The average Bonchev–Trinajstić information content (AvgIpc) is 3.75. The van der Waals surface area contributed by atoms with Gasteiger partial charge < -0.3 is 24.3 Å². The van der Waals surface area contributed by atoms with Crippen LogP contribution in [0.3, 0.4) is 0 Å². The summed E-state index contributed by atoms with van der Waals surface area (Å²) < 4.78 is 81.0. The van der Waals surface area contributed by atoms with Crippen LogP contribution >= 0.6 is 0 Å². The number of carbonyl (C=O) groups is 2. The van der Waals surface area contributed by atoms with E-state index in [-0.39, 0.29) is 33.9 Å². The molecule has 0 saturated carbocycles. The zero-order valence-corrected chi connectivity index (χ0v) is 24.7. The first-order valence-electron chi connectivity index (χ1n) is 14.4. The second kappa shape index (κ2) is 12.1. The van der Waals surface area contributed by atoms with Crippen LogP contribution in [-0.4, -0.2) is 51.4 Å². The molecule has 0 bridgehead atoms. The Labute approximate surface area is 259 Å². The van der Waals surface area contributed by atoms with Crippen LogP contribution in [0, 0.1) is 18.6 Å². The summed E-state index contributed by atoms with van der Waals surface area (Å²) in [6, 6.07) is 10.0. The molecule has 1 fully saturated rings. The number of benzene rings is 2. The van der Waals surface area contributed by atoms with E-state index in [9.17, 15) is 22.8 Å². The van der Waals surface area contributed by atoms with Crippen molar-refractivity contribution in [2.75, 3.05) is 25.1 Å². The van der Waals surface area contributed by atoms with Crippen molar-refractivity contribution in [3.63, 3.8) is 0 Å². The summed E-state index contributed by atoms with van der Waals surface area (Å²) >= 11 is 0. The highest BCUT2D eigenvalue weighted by molar-refractivity contribution is 6.09. The highest BCUT2D eigenvalue weighted by Gasteiger charge is 2.35. The second-order valence-electron chi connectivity index (χ2n) is 11.0. The van der Waals surface area contributed by atoms with Gasteiger partial charge >= 0.3 is 6.18 Å². The molecule has 0 unspecified atom stereocenters. The first-order chi connectivity index (χ1) is 21.9. The molecule has 0 spiro atoms. The van der Waals surface area contributed by atoms with Crippen LogP contribution in [0.5, 0.6) is 0 Å². The van der Waals surface area contributed by atoms with E-state index in [0.29, 0.717) is 36.6 Å². The highest BCUT2D eigenvalue weighted by Crippen LogP contribution is 2.41. The van der Waals surface area contributed by atoms with E-state index in [1.807, 2.05) is 0 Å². The number of hydrogen-bond acceptors (Lipinski definition) is 5. The SMILES string of the molecule is Cc1nc2cc(-c3cccn4c(C(=O)c5cc(F)c(NC(=O)/C=C/CN[C@H]6CCOC6)c(F)c5)ccc34)c(C(F)(F)F)cc2n1C. The maximum absolute atomic E-state index is 15.0. The van der Waals surface area contributed by atoms with Crippen molar-refractivity contribution < 1.29 is 36.3 Å². The molecule has 1 atom stereocenters. The maximum atomic E-state index is 15.0. The molecular weight excluding hydrogens is 609 g/mol. The molecule has 8 nitrogen and oxygen atoms in total. The molecule has 1 amide bonds. The lowest BCUT2D eigenvalue weighted by Gasteiger charge is -2.15. The summed E-state index contributed by atoms with van der Waals surface area (Å²) in [5.74, 6) is -3.33. The smallest absolute Gasteiger partial charge is 0.380 e. The summed E-state index contributed by atoms with van der Waals surface area (Å²) in [6.07, 6.45) is 0.291. The van der Waals surface area contributed by atoms with Gasteiger partial charge in [0.05, 0.1) is 34.4 Å². The lowest BCUT2D eigenvalue weighted by molar-refractivity contribution is -0.137. The van der Waals surface area contributed by atoms with Crippen LogP contribution < -0.4 is 10.6 Å². The Balaban J connectivity index is 1.28. The summed E-state index contributed by atoms with van der Waals surface area (Å²) in [5.41, 5.74) is -0.945. The van der Waals surface area contributed by atoms with Gasteiger partial charge in [-0.25, -0.2) is 13.8 Å². The minimum atomic E-state index is -4.69. The number of fused-ring (bicyclic) bond motifs is 2. The summed E-state index contributed by atoms with van der Waals surface area (Å²) in [5, 5.41) is 5.32. The number of ketones is 1. The Bertz CT molecular complexity index is 2000. The molecule has 0 radical (unpaired) electrons. The number of nitrogens with zero attached hydrogens (tertiary/aromatic N) is 3. The molecule has 13 heteroatoms. The third kappa shape index (κ3) is 5.90. The Morgan fingerprint density at radius 2 is 1.83 bits per heavy atom. The van der Waals surface area contributed by atoms with E-state index < -0.39 is 40.8 Å². The van der Waals surface area contributed by atoms with E-state index in [1.54, 1.807) is 18.5 Å². The summed E-state index contributed by atoms with van der Waals surface area (Å²) in [6.45, 7) is 3.28. The molecule has 0 aliphatic carbocycles. The fourth-order valence-corrected chi connectivity index (χ4v) is 5.60. The van der Waals surface area contributed by atoms with Gasteiger partial charge in [0.1, 0.15) is 23.1 Å². The Hall–Kier alpha value is -4.88. The molecule has 3 aromatic heterocycles. The lowest BCUT2D eigenvalue weighted by atomic mass is 9.98. The van der Waals surface area contributed by atoms with E-state index in [2.05, 4.69) is 15.6 Å². The molecule has 2 N–H and O–H groups in total. The molecule has 5 aromatic rings. The number of hydrogen-bond donors (Lipinski definition) is 2. The van der Waals surface area contributed by atoms with Gasteiger partial charge in [-0.2, -0.15) is 13.2 Å². The molecule has 1 aliphatic heterocycles. The summed E-state index contributed by atoms with van der Waals surface area (Å²) in [7, 11) is 1.63. The number of halogens is 5. The first-order valence-corrected chi connectivity index (χ1v) is 14.4. The topological polar surface area (TPSA) is 89.7 Å². The molecule has 238 valence electrons. The number of aromatic nitrogens is 3. The van der Waals surface area contributed by atoms with Crippen LogP contribution in [0.1, 0.15) is 33.9 Å². The lowest BCUT2D eigenvalue weighted by Crippen LogP contribution is -2.29. The third-order valence-electron chi connectivity index (χ3n) is 8.04. The standard InChI is InChI=1S/C33H28F5N5O3/c1-18-40-26-15-22(23(33(36,37)38)16-29(26)42(18)2)21-5-4-11-43-27(21)7-8-28(43)32(45)19-13-24(34)31(25(35)14-19)41-30(44)6-3-10-39-20-9-12-46-17-20/h3-8,11,13-16,20,39H,9-10,12,17H2,1-2H3,(H,41,44)/b6-3+/t20-/m0/s1. The van der Waals surface area contributed by atoms with Gasteiger partial charge in [0.25, 0.3) is 0 Å². The van der Waals surface area contributed by atoms with Crippen LogP contribution in [-0.2, 0) is 22.8 Å². The number of imidazole rings is 1. The van der Waals surface area contributed by atoms with E-state index in [1.165, 1.54) is 47.0 Å². The van der Waals surface area contributed by atoms with Crippen LogP contribution in [0.4, 0.5) is 27.6 Å². The van der Waals surface area contributed by atoms with Crippen molar-refractivity contribution in [1.82, 2.24) is 19.3 Å². The van der Waals surface area contributed by atoms with Crippen molar-refractivity contribution in [3.8, 4) is 11.1 Å². The quantitative estimate of drug-likeness (QED) is 0.120. The normalized spacial score (nSPS) is 15.4. The Morgan fingerprint density at radius 3 is 2.52 bits per heavy atom. The minimum Gasteiger partial charge on any atom is -0.380 e. The average molecular weight is 638 g/mol. The van der Waals surface area contributed by atoms with E-state index in [4.69, 9.17) is 4.74 Å². The van der Waals surface area contributed by atoms with Crippen LogP contribution in [0.2, 0.25) is 0 Å². The molecular formula is C33H28F5N5O3. The van der Waals surface area contributed by atoms with Crippen molar-refractivity contribution >= 4 is 33.9 Å². The Kier molecular flexibility index (Phi) is 8.21. The van der Waals surface area contributed by atoms with Gasteiger partial charge in [-0.15, -0.1) is 0 Å². The highest BCUT2D eigenvalue weighted by atomic mass is 19.4. The fraction of sp³-hybridized carbons (Fsp3) is 0.242. The zero-order chi connectivity index (χ0) is 32.7. The summed E-state index contributed by atoms with van der Waals surface area (Å²) in [4.78, 5) is 30.1. The molecule has 46 heavy (non-hydrogen) atoms. The molecule has 6 rings (SSSR count). The number of ether oxygens (including phenoxy) is 1. The number of carbonyl (C=O) groups excluding carboxylic acids is 2. The van der Waals surface area contributed by atoms with Gasteiger partial charge in [0, 0.05) is 49.6 Å². The van der Waals surface area contributed by atoms with Crippen molar-refractivity contribution in [1.29, 1.82) is 0 Å². The van der Waals surface area contributed by atoms with Gasteiger partial charge in [-0.05, 0) is 61.4 Å². The largest absolute Gasteiger partial charge is 0.417 e. The molecule has 4 heterocycles. The van der Waals surface area contributed by atoms with Gasteiger partial charge in [0.2, 0.25) is 11.7 Å². The number of anilines is 1. The molecule has 2 aromatic carbocycles. The van der Waals surface area contributed by atoms with Gasteiger partial charge in [0.15, 0.2) is 0 Å². The van der Waals surface area contributed by atoms with Gasteiger partial charge in [-0.1, -0.05) is 12.1 Å². The van der Waals surface area contributed by atoms with Crippen molar-refractivity contribution in [3.05, 3.63) is 101 Å². The second-order valence-corrected chi connectivity index (χ2v) is 11.0. The predicted octanol–water partition coefficient (Wildman–Crippen LogP) is 6.20. The number of nitrogens with one attached hydrogen (secondary N) is 2. The fourth-order valence-electron chi connectivity index (χ4n) is 5.60. The minimum absolute atomic E-state index is 0.0288. The van der Waals surface area contributed by atoms with Crippen molar-refractivity contribution in [2.45, 2.75) is 25.6 Å². The number of rotatable bonds is 8. The Morgan fingerprint density at radius 1 is 1.07 bits per heavy atom. The first kappa shape index (κ1) is 31.1. The molecule has 1 aliphatic rings. The molecule has 1 saturated heterocycles. The van der Waals surface area contributed by atoms with Crippen LogP contribution in [0.15, 0.2) is 66.9 Å². The number of amides is 1.